The molecule has 0 amide bonds. The highest BCUT2D eigenvalue weighted by molar-refractivity contribution is 9.10. The Morgan fingerprint density at radius 1 is 1.60 bits per heavy atom. The summed E-state index contributed by atoms with van der Waals surface area (Å²) in [6, 6.07) is 6.27. The van der Waals surface area contributed by atoms with E-state index < -0.39 is 0 Å². The van der Waals surface area contributed by atoms with Crippen LogP contribution < -0.4 is 10.5 Å². The molecule has 2 rings (SSSR count). The van der Waals surface area contributed by atoms with Crippen LogP contribution in [0.5, 0.6) is 5.75 Å². The van der Waals surface area contributed by atoms with Gasteiger partial charge in [0.15, 0.2) is 0 Å². The van der Waals surface area contributed by atoms with Crippen molar-refractivity contribution in [3.05, 3.63) is 28.2 Å². The van der Waals surface area contributed by atoms with E-state index in [-0.39, 0.29) is 0 Å². The van der Waals surface area contributed by atoms with Crippen LogP contribution in [-0.2, 0) is 0 Å². The molecular weight excluding hydrogens is 254 g/mol. The predicted octanol–water partition coefficient (Wildman–Crippen LogP) is 2.91. The molecule has 2 unspecified atom stereocenters. The van der Waals surface area contributed by atoms with Gasteiger partial charge in [-0.15, -0.1) is 0 Å². The minimum absolute atomic E-state index is 0.522. The van der Waals surface area contributed by atoms with Crippen molar-refractivity contribution in [2.75, 3.05) is 13.2 Å². The van der Waals surface area contributed by atoms with Gasteiger partial charge in [-0.3, -0.25) is 0 Å². The lowest BCUT2D eigenvalue weighted by atomic mass is 9.83. The minimum Gasteiger partial charge on any atom is -0.493 e. The largest absolute Gasteiger partial charge is 0.493 e. The molecule has 2 N–H and O–H groups in total. The molecular formula is C12H16BrNO. The van der Waals surface area contributed by atoms with Crippen LogP contribution in [0.3, 0.4) is 0 Å². The number of hydrogen-bond donors (Lipinski definition) is 1. The molecule has 1 aliphatic heterocycles. The van der Waals surface area contributed by atoms with E-state index in [0.29, 0.717) is 11.8 Å². The highest BCUT2D eigenvalue weighted by atomic mass is 79.9. The van der Waals surface area contributed by atoms with Crippen molar-refractivity contribution in [3.8, 4) is 5.75 Å². The summed E-state index contributed by atoms with van der Waals surface area (Å²) in [4.78, 5) is 0. The monoisotopic (exact) mass is 269 g/mol. The number of fused-ring (bicyclic) bond motifs is 1. The molecule has 0 spiro atoms. The number of hydrogen-bond acceptors (Lipinski definition) is 2. The first-order chi connectivity index (χ1) is 7.22. The molecule has 82 valence electrons. The molecule has 0 saturated heterocycles. The van der Waals surface area contributed by atoms with Gasteiger partial charge in [0, 0.05) is 4.47 Å². The van der Waals surface area contributed by atoms with E-state index in [0.717, 1.165) is 29.8 Å². The summed E-state index contributed by atoms with van der Waals surface area (Å²) < 4.78 is 6.73. The summed E-state index contributed by atoms with van der Waals surface area (Å²) in [5.41, 5.74) is 7.05. The Hall–Kier alpha value is -0.540. The van der Waals surface area contributed by atoms with Crippen molar-refractivity contribution in [2.45, 2.75) is 19.3 Å². The highest BCUT2D eigenvalue weighted by Crippen LogP contribution is 2.39. The Balaban J connectivity index is 2.34. The Bertz CT molecular complexity index is 353. The second kappa shape index (κ2) is 4.54. The Labute approximate surface area is 98.9 Å². The molecule has 2 nitrogen and oxygen atoms in total. The zero-order valence-corrected chi connectivity index (χ0v) is 10.5. The molecule has 0 radical (unpaired) electrons. The molecule has 2 atom stereocenters. The summed E-state index contributed by atoms with van der Waals surface area (Å²) in [6.45, 7) is 3.75. The van der Waals surface area contributed by atoms with Crippen LogP contribution in [0.2, 0.25) is 0 Å². The lowest BCUT2D eigenvalue weighted by molar-refractivity contribution is 0.244. The summed E-state index contributed by atoms with van der Waals surface area (Å²) in [6.07, 6.45) is 1.08. The highest BCUT2D eigenvalue weighted by Gasteiger charge is 2.25. The first-order valence-corrected chi connectivity index (χ1v) is 6.14. The number of halogens is 1. The van der Waals surface area contributed by atoms with Gasteiger partial charge in [-0.25, -0.2) is 0 Å². The van der Waals surface area contributed by atoms with Crippen molar-refractivity contribution in [1.29, 1.82) is 0 Å². The van der Waals surface area contributed by atoms with Crippen molar-refractivity contribution in [2.24, 2.45) is 11.7 Å². The van der Waals surface area contributed by atoms with Crippen molar-refractivity contribution in [3.63, 3.8) is 0 Å². The lowest BCUT2D eigenvalue weighted by Gasteiger charge is -2.29. The van der Waals surface area contributed by atoms with E-state index >= 15 is 0 Å². The van der Waals surface area contributed by atoms with Crippen molar-refractivity contribution < 1.29 is 4.74 Å². The van der Waals surface area contributed by atoms with Crippen LogP contribution in [0, 0.1) is 5.92 Å². The van der Waals surface area contributed by atoms with E-state index in [1.165, 1.54) is 5.56 Å². The number of benzene rings is 1. The zero-order chi connectivity index (χ0) is 10.8. The average molecular weight is 270 g/mol. The van der Waals surface area contributed by atoms with Gasteiger partial charge in [0.1, 0.15) is 5.75 Å². The molecule has 0 fully saturated rings. The quantitative estimate of drug-likeness (QED) is 0.896. The third-order valence-electron chi connectivity index (χ3n) is 3.12. The molecule has 1 aliphatic rings. The van der Waals surface area contributed by atoms with Gasteiger partial charge in [-0.2, -0.15) is 0 Å². The zero-order valence-electron chi connectivity index (χ0n) is 8.87. The van der Waals surface area contributed by atoms with Gasteiger partial charge in [0.05, 0.1) is 6.61 Å². The SMILES string of the molecule is CC(CN)C1CCOc2cc(Br)ccc21. The fourth-order valence-electron chi connectivity index (χ4n) is 2.15. The smallest absolute Gasteiger partial charge is 0.123 e. The maximum Gasteiger partial charge on any atom is 0.123 e. The standard InChI is InChI=1S/C12H16BrNO/c1-8(7-14)10-4-5-15-12-6-9(13)2-3-11(10)12/h2-3,6,8,10H,4-5,7,14H2,1H3. The molecule has 3 heteroatoms. The van der Waals surface area contributed by atoms with Gasteiger partial charge in [-0.1, -0.05) is 28.9 Å². The van der Waals surface area contributed by atoms with E-state index in [4.69, 9.17) is 10.5 Å². The third kappa shape index (κ3) is 2.18. The maximum atomic E-state index is 5.74. The lowest BCUT2D eigenvalue weighted by Crippen LogP contribution is -2.24. The second-order valence-electron chi connectivity index (χ2n) is 4.14. The van der Waals surface area contributed by atoms with Crippen LogP contribution in [0.4, 0.5) is 0 Å². The van der Waals surface area contributed by atoms with Crippen LogP contribution in [0.15, 0.2) is 22.7 Å². The van der Waals surface area contributed by atoms with Gasteiger partial charge in [0.25, 0.3) is 0 Å². The number of ether oxygens (including phenoxy) is 1. The van der Waals surface area contributed by atoms with Crippen LogP contribution in [0.25, 0.3) is 0 Å². The van der Waals surface area contributed by atoms with E-state index in [9.17, 15) is 0 Å². The topological polar surface area (TPSA) is 35.2 Å². The maximum absolute atomic E-state index is 5.74. The normalized spacial score (nSPS) is 21.7. The molecule has 1 aromatic carbocycles. The van der Waals surface area contributed by atoms with E-state index in [2.05, 4.69) is 35.0 Å². The van der Waals surface area contributed by atoms with Gasteiger partial charge in [0.2, 0.25) is 0 Å². The van der Waals surface area contributed by atoms with Crippen molar-refractivity contribution in [1.82, 2.24) is 0 Å². The molecule has 0 bridgehead atoms. The van der Waals surface area contributed by atoms with E-state index in [1.807, 2.05) is 6.07 Å². The third-order valence-corrected chi connectivity index (χ3v) is 3.61. The van der Waals surface area contributed by atoms with Crippen molar-refractivity contribution >= 4 is 15.9 Å². The summed E-state index contributed by atoms with van der Waals surface area (Å²) >= 11 is 3.46. The Morgan fingerprint density at radius 2 is 2.40 bits per heavy atom. The fourth-order valence-corrected chi connectivity index (χ4v) is 2.49. The van der Waals surface area contributed by atoms with Crippen LogP contribution in [-0.4, -0.2) is 13.2 Å². The van der Waals surface area contributed by atoms with Crippen LogP contribution in [0.1, 0.15) is 24.8 Å². The predicted molar refractivity (Wildman–Crippen MR) is 65.2 cm³/mol. The average Bonchev–Trinajstić information content (AvgIpc) is 2.26. The Morgan fingerprint density at radius 3 is 3.13 bits per heavy atom. The van der Waals surface area contributed by atoms with Gasteiger partial charge >= 0.3 is 0 Å². The summed E-state index contributed by atoms with van der Waals surface area (Å²) in [7, 11) is 0. The molecule has 0 aliphatic carbocycles. The summed E-state index contributed by atoms with van der Waals surface area (Å²) in [5.74, 6) is 2.08. The first-order valence-electron chi connectivity index (χ1n) is 5.34. The Kier molecular flexibility index (Phi) is 3.32. The fraction of sp³-hybridized carbons (Fsp3) is 0.500. The second-order valence-corrected chi connectivity index (χ2v) is 5.05. The van der Waals surface area contributed by atoms with E-state index in [1.54, 1.807) is 0 Å². The number of rotatable bonds is 2. The summed E-state index contributed by atoms with van der Waals surface area (Å²) in [5, 5.41) is 0. The molecule has 0 aromatic heterocycles. The minimum atomic E-state index is 0.522. The van der Waals surface area contributed by atoms with Gasteiger partial charge in [-0.05, 0) is 42.5 Å². The number of nitrogens with two attached hydrogens (primary N) is 1. The van der Waals surface area contributed by atoms with Gasteiger partial charge < -0.3 is 10.5 Å². The molecule has 1 aromatic rings. The van der Waals surface area contributed by atoms with Crippen LogP contribution >= 0.6 is 15.9 Å². The molecule has 1 heterocycles. The molecule has 15 heavy (non-hydrogen) atoms. The molecule has 0 saturated carbocycles. The first kappa shape index (κ1) is 11.0.